The maximum absolute atomic E-state index is 10.4. The van der Waals surface area contributed by atoms with Crippen LogP contribution in [0.25, 0.3) is 0 Å². The Balaban J connectivity index is 3.19. The molecule has 0 bridgehead atoms. The molecule has 3 N–H and O–H groups in total. The highest BCUT2D eigenvalue weighted by Gasteiger charge is 2.31. The lowest BCUT2D eigenvalue weighted by atomic mass is 9.83. The predicted molar refractivity (Wildman–Crippen MR) is 64.0 cm³/mol. The molecule has 15 heavy (non-hydrogen) atoms. The van der Waals surface area contributed by atoms with Crippen molar-refractivity contribution in [3.63, 3.8) is 0 Å². The van der Waals surface area contributed by atoms with Crippen molar-refractivity contribution >= 4 is 11.6 Å². The molecule has 3 heteroatoms. The van der Waals surface area contributed by atoms with E-state index in [1.54, 1.807) is 6.07 Å². The summed E-state index contributed by atoms with van der Waals surface area (Å²) in [6, 6.07) is 5.58. The van der Waals surface area contributed by atoms with Gasteiger partial charge < -0.3 is 10.8 Å². The number of rotatable bonds is 3. The van der Waals surface area contributed by atoms with E-state index in [-0.39, 0.29) is 12.5 Å². The lowest BCUT2D eigenvalue weighted by molar-refractivity contribution is -0.00114. The molecule has 0 aromatic heterocycles. The van der Waals surface area contributed by atoms with Gasteiger partial charge in [0.2, 0.25) is 0 Å². The molecule has 1 aromatic rings. The molecule has 0 spiro atoms. The van der Waals surface area contributed by atoms with Crippen molar-refractivity contribution in [3.8, 4) is 0 Å². The van der Waals surface area contributed by atoms with Crippen LogP contribution in [0.4, 0.5) is 0 Å². The quantitative estimate of drug-likeness (QED) is 0.833. The lowest BCUT2D eigenvalue weighted by Crippen LogP contribution is -2.39. The first-order valence-corrected chi connectivity index (χ1v) is 5.48. The fourth-order valence-corrected chi connectivity index (χ4v) is 1.73. The SMILES string of the molecule is Cc1ccc(C(O)(CN)C(C)C)cc1Cl. The van der Waals surface area contributed by atoms with Gasteiger partial charge in [-0.2, -0.15) is 0 Å². The monoisotopic (exact) mass is 227 g/mol. The molecule has 1 rings (SSSR count). The van der Waals surface area contributed by atoms with Gasteiger partial charge in [0.15, 0.2) is 0 Å². The summed E-state index contributed by atoms with van der Waals surface area (Å²) in [5.41, 5.74) is 6.44. The van der Waals surface area contributed by atoms with E-state index >= 15 is 0 Å². The molecule has 0 saturated heterocycles. The minimum absolute atomic E-state index is 0.0567. The molecule has 0 heterocycles. The first kappa shape index (κ1) is 12.5. The van der Waals surface area contributed by atoms with E-state index in [1.165, 1.54) is 0 Å². The van der Waals surface area contributed by atoms with Crippen LogP contribution in [-0.4, -0.2) is 11.7 Å². The number of nitrogens with two attached hydrogens (primary N) is 1. The van der Waals surface area contributed by atoms with Crippen molar-refractivity contribution in [1.29, 1.82) is 0 Å². The molecule has 0 aliphatic carbocycles. The van der Waals surface area contributed by atoms with Gasteiger partial charge in [-0.3, -0.25) is 0 Å². The Morgan fingerprint density at radius 3 is 2.47 bits per heavy atom. The molecule has 1 atom stereocenters. The van der Waals surface area contributed by atoms with Crippen LogP contribution in [-0.2, 0) is 5.60 Å². The summed E-state index contributed by atoms with van der Waals surface area (Å²) in [6.07, 6.45) is 0. The summed E-state index contributed by atoms with van der Waals surface area (Å²) in [4.78, 5) is 0. The van der Waals surface area contributed by atoms with Crippen molar-refractivity contribution in [3.05, 3.63) is 34.3 Å². The van der Waals surface area contributed by atoms with Crippen LogP contribution in [0.5, 0.6) is 0 Å². The third kappa shape index (κ3) is 2.33. The van der Waals surface area contributed by atoms with E-state index in [0.29, 0.717) is 5.02 Å². The Bertz CT molecular complexity index is 351. The molecule has 2 nitrogen and oxygen atoms in total. The lowest BCUT2D eigenvalue weighted by Gasteiger charge is -2.31. The van der Waals surface area contributed by atoms with Gasteiger partial charge in [0, 0.05) is 11.6 Å². The molecule has 1 unspecified atom stereocenters. The van der Waals surface area contributed by atoms with Gasteiger partial charge in [0.05, 0.1) is 0 Å². The standard InChI is InChI=1S/C12H18ClNO/c1-8(2)12(15,7-14)10-5-4-9(3)11(13)6-10/h4-6,8,15H,7,14H2,1-3H3. The number of benzene rings is 1. The zero-order chi connectivity index (χ0) is 11.6. The van der Waals surface area contributed by atoms with E-state index < -0.39 is 5.60 Å². The van der Waals surface area contributed by atoms with Crippen molar-refractivity contribution in [2.24, 2.45) is 11.7 Å². The van der Waals surface area contributed by atoms with Crippen LogP contribution in [0.3, 0.4) is 0 Å². The van der Waals surface area contributed by atoms with Crippen molar-refractivity contribution in [2.75, 3.05) is 6.54 Å². The number of hydrogen-bond acceptors (Lipinski definition) is 2. The molecular weight excluding hydrogens is 210 g/mol. The molecule has 1 aromatic carbocycles. The van der Waals surface area contributed by atoms with Gasteiger partial charge in [-0.15, -0.1) is 0 Å². The van der Waals surface area contributed by atoms with Crippen LogP contribution < -0.4 is 5.73 Å². The van der Waals surface area contributed by atoms with Crippen LogP contribution in [0.2, 0.25) is 5.02 Å². The fourth-order valence-electron chi connectivity index (χ4n) is 1.55. The van der Waals surface area contributed by atoms with Crippen molar-refractivity contribution in [1.82, 2.24) is 0 Å². The Morgan fingerprint density at radius 1 is 1.47 bits per heavy atom. The largest absolute Gasteiger partial charge is 0.384 e. The first-order chi connectivity index (χ1) is 6.91. The zero-order valence-corrected chi connectivity index (χ0v) is 10.2. The molecule has 0 aliphatic rings. The van der Waals surface area contributed by atoms with Crippen molar-refractivity contribution in [2.45, 2.75) is 26.4 Å². The average molecular weight is 228 g/mol. The minimum atomic E-state index is -0.989. The highest BCUT2D eigenvalue weighted by atomic mass is 35.5. The van der Waals surface area contributed by atoms with E-state index in [0.717, 1.165) is 11.1 Å². The topological polar surface area (TPSA) is 46.2 Å². The number of halogens is 1. The van der Waals surface area contributed by atoms with Gasteiger partial charge in [0.25, 0.3) is 0 Å². The summed E-state index contributed by atoms with van der Waals surface area (Å²) in [5, 5.41) is 11.1. The van der Waals surface area contributed by atoms with Crippen molar-refractivity contribution < 1.29 is 5.11 Å². The average Bonchev–Trinajstić information content (AvgIpc) is 2.20. The fraction of sp³-hybridized carbons (Fsp3) is 0.500. The third-order valence-electron chi connectivity index (χ3n) is 2.94. The van der Waals surface area contributed by atoms with Gasteiger partial charge in [-0.05, 0) is 30.0 Å². The normalized spacial score (nSPS) is 15.4. The second-order valence-electron chi connectivity index (χ2n) is 4.25. The summed E-state index contributed by atoms with van der Waals surface area (Å²) in [6.45, 7) is 6.02. The first-order valence-electron chi connectivity index (χ1n) is 5.11. The van der Waals surface area contributed by atoms with E-state index in [1.807, 2.05) is 32.9 Å². The summed E-state index contributed by atoms with van der Waals surface area (Å²) in [5.74, 6) is 0.0567. The van der Waals surface area contributed by atoms with Gasteiger partial charge in [-0.1, -0.05) is 37.6 Å². The second kappa shape index (κ2) is 4.52. The molecule has 84 valence electrons. The Hall–Kier alpha value is -0.570. The van der Waals surface area contributed by atoms with Gasteiger partial charge >= 0.3 is 0 Å². The predicted octanol–water partition coefficient (Wildman–Crippen LogP) is 2.45. The van der Waals surface area contributed by atoms with Crippen LogP contribution in [0.15, 0.2) is 18.2 Å². The van der Waals surface area contributed by atoms with Crippen LogP contribution in [0.1, 0.15) is 25.0 Å². The van der Waals surface area contributed by atoms with E-state index in [2.05, 4.69) is 0 Å². The second-order valence-corrected chi connectivity index (χ2v) is 4.65. The molecule has 0 aliphatic heterocycles. The summed E-state index contributed by atoms with van der Waals surface area (Å²) in [7, 11) is 0. The molecule has 0 saturated carbocycles. The maximum atomic E-state index is 10.4. The maximum Gasteiger partial charge on any atom is 0.104 e. The third-order valence-corrected chi connectivity index (χ3v) is 3.35. The van der Waals surface area contributed by atoms with E-state index in [9.17, 15) is 5.11 Å². The number of aliphatic hydroxyl groups is 1. The molecule has 0 amide bonds. The van der Waals surface area contributed by atoms with Gasteiger partial charge in [0.1, 0.15) is 5.60 Å². The minimum Gasteiger partial charge on any atom is -0.384 e. The molecule has 0 radical (unpaired) electrons. The number of hydrogen-bond donors (Lipinski definition) is 2. The Kier molecular flexibility index (Phi) is 3.77. The smallest absolute Gasteiger partial charge is 0.104 e. The molecule has 0 fully saturated rings. The summed E-state index contributed by atoms with van der Waals surface area (Å²) >= 11 is 6.03. The summed E-state index contributed by atoms with van der Waals surface area (Å²) < 4.78 is 0. The highest BCUT2D eigenvalue weighted by Crippen LogP contribution is 2.31. The Labute approximate surface area is 96.1 Å². The highest BCUT2D eigenvalue weighted by molar-refractivity contribution is 6.31. The zero-order valence-electron chi connectivity index (χ0n) is 9.42. The molecular formula is C12H18ClNO. The Morgan fingerprint density at radius 2 is 2.07 bits per heavy atom. The van der Waals surface area contributed by atoms with Gasteiger partial charge in [-0.25, -0.2) is 0 Å². The number of aryl methyl sites for hydroxylation is 1. The van der Waals surface area contributed by atoms with Crippen LogP contribution >= 0.6 is 11.6 Å². The van der Waals surface area contributed by atoms with Crippen LogP contribution in [0, 0.1) is 12.8 Å². The van der Waals surface area contributed by atoms with E-state index in [4.69, 9.17) is 17.3 Å².